The molecule has 0 saturated carbocycles. The Morgan fingerprint density at radius 2 is 1.38 bits per heavy atom. The van der Waals surface area contributed by atoms with Crippen LogP contribution in [0.25, 0.3) is 44.7 Å². The summed E-state index contributed by atoms with van der Waals surface area (Å²) in [5.41, 5.74) is 3.18. The van der Waals surface area contributed by atoms with Crippen molar-refractivity contribution in [1.29, 1.82) is 0 Å². The quantitative estimate of drug-likeness (QED) is 0.303. The first kappa shape index (κ1) is 15.9. The van der Waals surface area contributed by atoms with Gasteiger partial charge in [-0.2, -0.15) is 0 Å². The summed E-state index contributed by atoms with van der Waals surface area (Å²) < 4.78 is 33.2. The molecule has 32 heavy (non-hydrogen) atoms. The van der Waals surface area contributed by atoms with Crippen molar-refractivity contribution in [2.75, 3.05) is 0 Å². The Kier molecular flexibility index (Phi) is 4.14. The van der Waals surface area contributed by atoms with Gasteiger partial charge in [0.25, 0.3) is 0 Å². The highest BCUT2D eigenvalue weighted by Crippen LogP contribution is 2.33. The van der Waals surface area contributed by atoms with Gasteiger partial charge < -0.3 is 0 Å². The first-order valence-electron chi connectivity index (χ1n) is 12.7. The van der Waals surface area contributed by atoms with Crippen LogP contribution in [-0.2, 0) is 0 Å². The predicted molar refractivity (Wildman–Crippen MR) is 132 cm³/mol. The molecule has 0 saturated heterocycles. The van der Waals surface area contributed by atoms with Crippen LogP contribution in [0.3, 0.4) is 0 Å². The summed E-state index contributed by atoms with van der Waals surface area (Å²) in [6, 6.07) is 21.1. The highest BCUT2D eigenvalue weighted by molar-refractivity contribution is 5.87. The molecule has 3 heteroatoms. The van der Waals surface area contributed by atoms with E-state index in [2.05, 4.69) is 24.3 Å². The number of hydrogen-bond acceptors (Lipinski definition) is 3. The van der Waals surface area contributed by atoms with Gasteiger partial charge in [0.2, 0.25) is 0 Å². The Bertz CT molecular complexity index is 1600. The first-order chi connectivity index (χ1) is 17.3. The van der Waals surface area contributed by atoms with Gasteiger partial charge in [-0.25, -0.2) is 15.0 Å². The summed E-state index contributed by atoms with van der Waals surface area (Å²) in [6.07, 6.45) is 0. The molecule has 0 aliphatic rings. The molecular formula is C29H25N3. The highest BCUT2D eigenvalue weighted by atomic mass is 15.0. The molecule has 0 aliphatic heterocycles. The Morgan fingerprint density at radius 1 is 0.688 bits per heavy atom. The number of rotatable bonds is 4. The lowest BCUT2D eigenvalue weighted by Crippen LogP contribution is -2.05. The topological polar surface area (TPSA) is 38.7 Å². The van der Waals surface area contributed by atoms with E-state index in [1.54, 1.807) is 6.92 Å². The van der Waals surface area contributed by atoms with Crippen LogP contribution in [0.15, 0.2) is 90.9 Å². The van der Waals surface area contributed by atoms with Crippen molar-refractivity contribution < 1.29 is 5.48 Å². The Morgan fingerprint density at radius 3 is 2.19 bits per heavy atom. The molecule has 0 radical (unpaired) electrons. The lowest BCUT2D eigenvalue weighted by atomic mass is 9.95. The molecule has 0 bridgehead atoms. The molecule has 5 aromatic rings. The summed E-state index contributed by atoms with van der Waals surface area (Å²) >= 11 is 0. The van der Waals surface area contributed by atoms with Crippen LogP contribution in [0.5, 0.6) is 0 Å². The molecule has 1 aromatic heterocycles. The number of fused-ring (bicyclic) bond motifs is 1. The van der Waals surface area contributed by atoms with Gasteiger partial charge in [0.05, 0.1) is 5.48 Å². The summed E-state index contributed by atoms with van der Waals surface area (Å²) in [6.45, 7) is 5.79. The van der Waals surface area contributed by atoms with Crippen molar-refractivity contribution in [1.82, 2.24) is 15.0 Å². The third-order valence-electron chi connectivity index (χ3n) is 5.49. The van der Waals surface area contributed by atoms with Crippen LogP contribution in [-0.4, -0.2) is 15.0 Å². The molecule has 0 N–H and O–H groups in total. The van der Waals surface area contributed by atoms with Crippen molar-refractivity contribution in [2.45, 2.75) is 26.7 Å². The maximum atomic E-state index is 8.59. The molecule has 3 nitrogen and oxygen atoms in total. The minimum atomic E-state index is -0.259. The Labute approximate surface area is 194 Å². The van der Waals surface area contributed by atoms with Gasteiger partial charge in [0.1, 0.15) is 5.82 Å². The number of aromatic nitrogens is 3. The fraction of sp³-hybridized carbons (Fsp3) is 0.138. The van der Waals surface area contributed by atoms with Gasteiger partial charge in [-0.15, -0.1) is 0 Å². The molecule has 0 unspecified atom stereocenters. The van der Waals surface area contributed by atoms with E-state index in [1.165, 1.54) is 0 Å². The number of hydrogen-bond donors (Lipinski definition) is 0. The normalized spacial score (nSPS) is 13.0. The van der Waals surface area contributed by atoms with E-state index in [-0.39, 0.29) is 30.1 Å². The first-order valence-corrected chi connectivity index (χ1v) is 10.7. The van der Waals surface area contributed by atoms with Crippen LogP contribution in [0.2, 0.25) is 0 Å². The second kappa shape index (κ2) is 8.35. The maximum Gasteiger partial charge on any atom is 0.164 e. The zero-order chi connectivity index (χ0) is 25.6. The number of nitrogens with zero attached hydrogens (tertiary/aromatic N) is 3. The van der Waals surface area contributed by atoms with E-state index in [0.717, 1.165) is 16.3 Å². The van der Waals surface area contributed by atoms with Crippen LogP contribution < -0.4 is 0 Å². The second-order valence-corrected chi connectivity index (χ2v) is 8.10. The predicted octanol–water partition coefficient (Wildman–Crippen LogP) is 7.46. The van der Waals surface area contributed by atoms with Gasteiger partial charge >= 0.3 is 0 Å². The van der Waals surface area contributed by atoms with E-state index < -0.39 is 0 Å². The molecule has 1 heterocycles. The van der Waals surface area contributed by atoms with E-state index in [4.69, 9.17) is 20.4 Å². The Hall–Kier alpha value is -3.85. The SMILES string of the molecule is [2H]c1c([2H])c([2H])c(-c2ccccc2-c2nc(-c3ccc4ccccc4c3)nc(C(C)C)n2)c(C)c1[2H]. The van der Waals surface area contributed by atoms with Gasteiger partial charge in [0.15, 0.2) is 11.6 Å². The van der Waals surface area contributed by atoms with Crippen LogP contribution in [0.1, 0.15) is 36.6 Å². The zero-order valence-corrected chi connectivity index (χ0v) is 18.3. The highest BCUT2D eigenvalue weighted by Gasteiger charge is 2.16. The second-order valence-electron chi connectivity index (χ2n) is 8.10. The minimum Gasteiger partial charge on any atom is -0.213 e. The van der Waals surface area contributed by atoms with Crippen molar-refractivity contribution in [3.05, 3.63) is 102 Å². The molecule has 4 aromatic carbocycles. The summed E-state index contributed by atoms with van der Waals surface area (Å²) in [4.78, 5) is 14.4. The molecule has 156 valence electrons. The van der Waals surface area contributed by atoms with Crippen LogP contribution >= 0.6 is 0 Å². The largest absolute Gasteiger partial charge is 0.213 e. The minimum absolute atomic E-state index is 0.0452. The summed E-state index contributed by atoms with van der Waals surface area (Å²) in [5.74, 6) is 1.76. The molecule has 5 rings (SSSR count). The van der Waals surface area contributed by atoms with E-state index in [9.17, 15) is 0 Å². The lowest BCUT2D eigenvalue weighted by molar-refractivity contribution is 0.766. The van der Waals surface area contributed by atoms with Crippen LogP contribution in [0, 0.1) is 6.92 Å². The smallest absolute Gasteiger partial charge is 0.164 e. The zero-order valence-electron chi connectivity index (χ0n) is 22.3. The van der Waals surface area contributed by atoms with Gasteiger partial charge in [-0.05, 0) is 40.5 Å². The number of benzene rings is 4. The van der Waals surface area contributed by atoms with Gasteiger partial charge in [0, 0.05) is 17.0 Å². The van der Waals surface area contributed by atoms with Crippen LogP contribution in [0.4, 0.5) is 0 Å². The third kappa shape index (κ3) is 3.78. The average Bonchev–Trinajstić information content (AvgIpc) is 2.90. The molecule has 0 spiro atoms. The van der Waals surface area contributed by atoms with Gasteiger partial charge in [-0.3, -0.25) is 0 Å². The standard InChI is InChI=1S/C29H25N3/c1-19(2)27-30-28(23-17-16-21-11-5-6-12-22(21)18-23)32-29(31-27)26-15-9-8-14-25(26)24-13-7-4-10-20(24)3/h4-19H,1-3H3/i4D,7D,10D,13D. The van der Waals surface area contributed by atoms with Crippen molar-refractivity contribution >= 4 is 10.8 Å². The van der Waals surface area contributed by atoms with Crippen molar-refractivity contribution in [2.24, 2.45) is 0 Å². The molecule has 0 aliphatic carbocycles. The molecule has 0 atom stereocenters. The fourth-order valence-electron chi connectivity index (χ4n) is 3.77. The van der Waals surface area contributed by atoms with Gasteiger partial charge in [-0.1, -0.05) is 98.7 Å². The third-order valence-corrected chi connectivity index (χ3v) is 5.49. The van der Waals surface area contributed by atoms with E-state index in [0.29, 0.717) is 39.7 Å². The monoisotopic (exact) mass is 419 g/mol. The molecule has 0 amide bonds. The van der Waals surface area contributed by atoms with E-state index >= 15 is 0 Å². The summed E-state index contributed by atoms with van der Waals surface area (Å²) in [7, 11) is 0. The van der Waals surface area contributed by atoms with Crippen molar-refractivity contribution in [3.63, 3.8) is 0 Å². The average molecular weight is 420 g/mol. The Balaban J connectivity index is 1.75. The van der Waals surface area contributed by atoms with E-state index in [1.807, 2.05) is 56.3 Å². The fourth-order valence-corrected chi connectivity index (χ4v) is 3.77. The maximum absolute atomic E-state index is 8.59. The molecular weight excluding hydrogens is 390 g/mol. The molecule has 0 fully saturated rings. The van der Waals surface area contributed by atoms with Crippen molar-refractivity contribution in [3.8, 4) is 33.9 Å². The lowest BCUT2D eigenvalue weighted by Gasteiger charge is -2.14. The summed E-state index contributed by atoms with van der Waals surface area (Å²) in [5, 5.41) is 2.23.